The van der Waals surface area contributed by atoms with E-state index in [2.05, 4.69) is 5.32 Å². The Balaban J connectivity index is 2.11. The molecule has 0 aliphatic rings. The van der Waals surface area contributed by atoms with Gasteiger partial charge in [-0.15, -0.1) is 0 Å². The third kappa shape index (κ3) is 5.68. The predicted molar refractivity (Wildman–Crippen MR) is 67.3 cm³/mol. The molecule has 0 atom stereocenters. The summed E-state index contributed by atoms with van der Waals surface area (Å²) in [5, 5.41) is 15.3. The zero-order valence-corrected chi connectivity index (χ0v) is 10.0. The van der Waals surface area contributed by atoms with Gasteiger partial charge in [0, 0.05) is 19.2 Å². The van der Waals surface area contributed by atoms with Crippen LogP contribution in [0.4, 0.5) is 0 Å². The molecule has 1 aromatic heterocycles. The first-order chi connectivity index (χ1) is 7.83. The molecule has 0 bridgehead atoms. The molecular formula is C12H17NO2S. The molecule has 0 aliphatic heterocycles. The first-order valence-electron chi connectivity index (χ1n) is 5.42. The van der Waals surface area contributed by atoms with E-state index in [1.165, 1.54) is 0 Å². The molecule has 0 aromatic carbocycles. The molecule has 4 heteroatoms. The Morgan fingerprint density at radius 3 is 3.00 bits per heavy atom. The molecule has 0 aliphatic carbocycles. The van der Waals surface area contributed by atoms with E-state index in [0.29, 0.717) is 6.54 Å². The molecular weight excluding hydrogens is 222 g/mol. The highest BCUT2D eigenvalue weighted by molar-refractivity contribution is 7.08. The van der Waals surface area contributed by atoms with Gasteiger partial charge in [-0.25, -0.2) is 0 Å². The second-order valence-electron chi connectivity index (χ2n) is 3.47. The Kier molecular flexibility index (Phi) is 6.53. The fourth-order valence-corrected chi connectivity index (χ4v) is 1.85. The summed E-state index contributed by atoms with van der Waals surface area (Å²) >= 11 is 1.61. The van der Waals surface area contributed by atoms with Crippen LogP contribution in [-0.4, -0.2) is 24.2 Å². The second-order valence-corrected chi connectivity index (χ2v) is 4.25. The van der Waals surface area contributed by atoms with Crippen molar-refractivity contribution in [1.82, 2.24) is 5.32 Å². The SMILES string of the molecule is O=C(/C=C/c1ccsc1)NCCCCCO. The number of hydrogen-bond acceptors (Lipinski definition) is 3. The average molecular weight is 239 g/mol. The molecule has 88 valence electrons. The summed E-state index contributed by atoms with van der Waals surface area (Å²) in [5.41, 5.74) is 1.06. The van der Waals surface area contributed by atoms with E-state index >= 15 is 0 Å². The maximum Gasteiger partial charge on any atom is 0.243 e. The molecule has 0 fully saturated rings. The molecule has 1 aromatic rings. The van der Waals surface area contributed by atoms with Gasteiger partial charge in [0.25, 0.3) is 0 Å². The Labute approximate surface area is 99.8 Å². The van der Waals surface area contributed by atoms with Gasteiger partial charge in [0.2, 0.25) is 5.91 Å². The maximum atomic E-state index is 11.3. The van der Waals surface area contributed by atoms with Gasteiger partial charge in [0.15, 0.2) is 0 Å². The van der Waals surface area contributed by atoms with Crippen molar-refractivity contribution in [3.05, 3.63) is 28.5 Å². The van der Waals surface area contributed by atoms with Gasteiger partial charge in [-0.3, -0.25) is 4.79 Å². The molecule has 0 radical (unpaired) electrons. The number of nitrogens with one attached hydrogen (secondary N) is 1. The summed E-state index contributed by atoms with van der Waals surface area (Å²) < 4.78 is 0. The number of unbranched alkanes of at least 4 members (excludes halogenated alkanes) is 2. The minimum Gasteiger partial charge on any atom is -0.396 e. The van der Waals surface area contributed by atoms with Crippen molar-refractivity contribution in [2.24, 2.45) is 0 Å². The largest absolute Gasteiger partial charge is 0.396 e. The monoisotopic (exact) mass is 239 g/mol. The van der Waals surface area contributed by atoms with Crippen LogP contribution in [0.5, 0.6) is 0 Å². The normalized spacial score (nSPS) is 10.8. The highest BCUT2D eigenvalue weighted by atomic mass is 32.1. The Hall–Kier alpha value is -1.13. The lowest BCUT2D eigenvalue weighted by atomic mass is 10.2. The summed E-state index contributed by atoms with van der Waals surface area (Å²) in [5.74, 6) is -0.0600. The Bertz CT molecular complexity index is 320. The van der Waals surface area contributed by atoms with Crippen LogP contribution in [-0.2, 0) is 4.79 Å². The van der Waals surface area contributed by atoms with Crippen molar-refractivity contribution in [3.63, 3.8) is 0 Å². The maximum absolute atomic E-state index is 11.3. The molecule has 16 heavy (non-hydrogen) atoms. The van der Waals surface area contributed by atoms with Crippen molar-refractivity contribution >= 4 is 23.3 Å². The number of carbonyl (C=O) groups is 1. The van der Waals surface area contributed by atoms with Crippen molar-refractivity contribution in [3.8, 4) is 0 Å². The van der Waals surface area contributed by atoms with Crippen LogP contribution in [0.25, 0.3) is 6.08 Å². The molecule has 0 saturated heterocycles. The van der Waals surface area contributed by atoms with Gasteiger partial charge in [0.05, 0.1) is 0 Å². The number of hydrogen-bond donors (Lipinski definition) is 2. The quantitative estimate of drug-likeness (QED) is 0.565. The van der Waals surface area contributed by atoms with Crippen LogP contribution in [0.2, 0.25) is 0 Å². The summed E-state index contributed by atoms with van der Waals surface area (Å²) in [6.07, 6.45) is 6.03. The van der Waals surface area contributed by atoms with Crippen LogP contribution >= 0.6 is 11.3 Å². The lowest BCUT2D eigenvalue weighted by molar-refractivity contribution is -0.116. The van der Waals surface area contributed by atoms with E-state index in [9.17, 15) is 4.79 Å². The van der Waals surface area contributed by atoms with Crippen LogP contribution in [0, 0.1) is 0 Å². The molecule has 0 saturated carbocycles. The van der Waals surface area contributed by atoms with Crippen molar-refractivity contribution < 1.29 is 9.90 Å². The van der Waals surface area contributed by atoms with Crippen molar-refractivity contribution in [2.75, 3.05) is 13.2 Å². The Morgan fingerprint density at radius 2 is 2.31 bits per heavy atom. The standard InChI is InChI=1S/C12H17NO2S/c14-8-3-1-2-7-13-12(15)5-4-11-6-9-16-10-11/h4-6,9-10,14H,1-3,7-8H2,(H,13,15)/b5-4+. The third-order valence-electron chi connectivity index (χ3n) is 2.10. The number of amides is 1. The predicted octanol–water partition coefficient (Wildman–Crippen LogP) is 2.04. The van der Waals surface area contributed by atoms with E-state index in [4.69, 9.17) is 5.11 Å². The lowest BCUT2D eigenvalue weighted by Gasteiger charge is -2.00. The lowest BCUT2D eigenvalue weighted by Crippen LogP contribution is -2.21. The molecule has 1 rings (SSSR count). The number of carbonyl (C=O) groups excluding carboxylic acids is 1. The van der Waals surface area contributed by atoms with Crippen LogP contribution in [0.15, 0.2) is 22.9 Å². The van der Waals surface area contributed by atoms with Gasteiger partial charge < -0.3 is 10.4 Å². The summed E-state index contributed by atoms with van der Waals surface area (Å²) in [6, 6.07) is 1.97. The number of aliphatic hydroxyl groups excluding tert-OH is 1. The fourth-order valence-electron chi connectivity index (χ4n) is 1.23. The third-order valence-corrected chi connectivity index (χ3v) is 2.81. The molecule has 2 N–H and O–H groups in total. The van der Waals surface area contributed by atoms with E-state index in [1.54, 1.807) is 23.5 Å². The molecule has 0 unspecified atom stereocenters. The highest BCUT2D eigenvalue weighted by Crippen LogP contribution is 2.07. The minimum absolute atomic E-state index is 0.0600. The number of aliphatic hydroxyl groups is 1. The average Bonchev–Trinajstić information content (AvgIpc) is 2.79. The van der Waals surface area contributed by atoms with Gasteiger partial charge in [-0.1, -0.05) is 0 Å². The van der Waals surface area contributed by atoms with Crippen LogP contribution in [0.1, 0.15) is 24.8 Å². The zero-order chi connectivity index (χ0) is 11.6. The highest BCUT2D eigenvalue weighted by Gasteiger charge is 1.94. The summed E-state index contributed by atoms with van der Waals surface area (Å²) in [4.78, 5) is 11.3. The topological polar surface area (TPSA) is 49.3 Å². The van der Waals surface area contributed by atoms with E-state index in [1.807, 2.05) is 16.8 Å². The fraction of sp³-hybridized carbons (Fsp3) is 0.417. The van der Waals surface area contributed by atoms with Gasteiger partial charge in [-0.05, 0) is 47.7 Å². The number of rotatable bonds is 7. The summed E-state index contributed by atoms with van der Waals surface area (Å²) in [6.45, 7) is 0.902. The van der Waals surface area contributed by atoms with Gasteiger partial charge in [-0.2, -0.15) is 11.3 Å². The second kappa shape index (κ2) is 8.07. The molecule has 1 amide bonds. The smallest absolute Gasteiger partial charge is 0.243 e. The van der Waals surface area contributed by atoms with Crippen molar-refractivity contribution in [2.45, 2.75) is 19.3 Å². The summed E-state index contributed by atoms with van der Waals surface area (Å²) in [7, 11) is 0. The zero-order valence-electron chi connectivity index (χ0n) is 9.19. The van der Waals surface area contributed by atoms with Crippen LogP contribution < -0.4 is 5.32 Å². The van der Waals surface area contributed by atoms with Crippen molar-refractivity contribution in [1.29, 1.82) is 0 Å². The first kappa shape index (κ1) is 12.9. The Morgan fingerprint density at radius 1 is 1.44 bits per heavy atom. The van der Waals surface area contributed by atoms with E-state index < -0.39 is 0 Å². The van der Waals surface area contributed by atoms with E-state index in [0.717, 1.165) is 24.8 Å². The van der Waals surface area contributed by atoms with E-state index in [-0.39, 0.29) is 12.5 Å². The minimum atomic E-state index is -0.0600. The molecule has 1 heterocycles. The molecule has 0 spiro atoms. The number of thiophene rings is 1. The van der Waals surface area contributed by atoms with Gasteiger partial charge >= 0.3 is 0 Å². The van der Waals surface area contributed by atoms with Crippen LogP contribution in [0.3, 0.4) is 0 Å². The molecule has 3 nitrogen and oxygen atoms in total. The van der Waals surface area contributed by atoms with Gasteiger partial charge in [0.1, 0.15) is 0 Å². The first-order valence-corrected chi connectivity index (χ1v) is 6.36.